The van der Waals surface area contributed by atoms with Crippen molar-refractivity contribution in [2.75, 3.05) is 17.7 Å². The molecule has 2 N–H and O–H groups in total. The Hall–Kier alpha value is -1.42. The van der Waals surface area contributed by atoms with Crippen LogP contribution in [-0.4, -0.2) is 31.4 Å². The molecule has 0 saturated carbocycles. The Labute approximate surface area is 117 Å². The fraction of sp³-hybridized carbons (Fsp3) is 0.300. The van der Waals surface area contributed by atoms with Crippen LogP contribution in [0.4, 0.5) is 18.9 Å². The molecule has 0 saturated heterocycles. The fourth-order valence-electron chi connectivity index (χ4n) is 1.46. The molecule has 0 fully saturated rings. The van der Waals surface area contributed by atoms with E-state index in [1.165, 1.54) is 30.0 Å². The average molecular weight is 325 g/mol. The monoisotopic (exact) mass is 325 g/mol. The van der Waals surface area contributed by atoms with Crippen LogP contribution in [0.15, 0.2) is 34.2 Å². The first kappa shape index (κ1) is 15.0. The number of sulfone groups is 1. The molecule has 10 heteroatoms. The van der Waals surface area contributed by atoms with Crippen LogP contribution in [0.3, 0.4) is 0 Å². The average Bonchev–Trinajstić information content (AvgIpc) is 2.88. The molecule has 1 aliphatic rings. The van der Waals surface area contributed by atoms with E-state index >= 15 is 0 Å². The van der Waals surface area contributed by atoms with Gasteiger partial charge in [-0.3, -0.25) is 15.8 Å². The Kier molecular flexibility index (Phi) is 4.14. The van der Waals surface area contributed by atoms with E-state index in [2.05, 4.69) is 15.8 Å². The van der Waals surface area contributed by atoms with E-state index < -0.39 is 20.2 Å². The lowest BCUT2D eigenvalue weighted by Crippen LogP contribution is -2.29. The van der Waals surface area contributed by atoms with E-state index in [0.717, 1.165) is 11.8 Å². The summed E-state index contributed by atoms with van der Waals surface area (Å²) in [5, 5.41) is 0.504. The SMILES string of the molecule is O=S(=O)(c1ccccc1NNC1=NCCS1)C(F)(F)F. The molecule has 0 unspecified atom stereocenters. The topological polar surface area (TPSA) is 70.6 Å². The number of aliphatic imine (C=N–C) groups is 1. The predicted molar refractivity (Wildman–Crippen MR) is 71.2 cm³/mol. The Bertz CT molecular complexity index is 629. The number of nitrogens with one attached hydrogen (secondary N) is 2. The van der Waals surface area contributed by atoms with E-state index in [1.54, 1.807) is 0 Å². The third-order valence-electron chi connectivity index (χ3n) is 2.37. The molecule has 0 radical (unpaired) electrons. The number of hydrogen-bond acceptors (Lipinski definition) is 6. The highest BCUT2D eigenvalue weighted by Gasteiger charge is 2.47. The molecule has 1 aliphatic heterocycles. The van der Waals surface area contributed by atoms with E-state index in [4.69, 9.17) is 0 Å². The predicted octanol–water partition coefficient (Wildman–Crippen LogP) is 2.00. The van der Waals surface area contributed by atoms with Gasteiger partial charge in [0.1, 0.15) is 4.90 Å². The number of nitrogens with zero attached hydrogens (tertiary/aromatic N) is 1. The van der Waals surface area contributed by atoms with Crippen molar-refractivity contribution in [2.45, 2.75) is 10.4 Å². The minimum atomic E-state index is -5.40. The summed E-state index contributed by atoms with van der Waals surface area (Å²) in [7, 11) is -5.40. The van der Waals surface area contributed by atoms with Gasteiger partial charge < -0.3 is 0 Å². The summed E-state index contributed by atoms with van der Waals surface area (Å²) < 4.78 is 60.6. The van der Waals surface area contributed by atoms with Crippen LogP contribution < -0.4 is 10.9 Å². The van der Waals surface area contributed by atoms with Gasteiger partial charge >= 0.3 is 5.51 Å². The van der Waals surface area contributed by atoms with Crippen LogP contribution in [0.1, 0.15) is 0 Å². The van der Waals surface area contributed by atoms with Crippen molar-refractivity contribution < 1.29 is 21.6 Å². The van der Waals surface area contributed by atoms with Crippen LogP contribution in [0.25, 0.3) is 0 Å². The number of amidine groups is 1. The molecule has 5 nitrogen and oxygen atoms in total. The maximum Gasteiger partial charge on any atom is 0.501 e. The number of hydrogen-bond donors (Lipinski definition) is 2. The maximum absolute atomic E-state index is 12.6. The van der Waals surface area contributed by atoms with Crippen molar-refractivity contribution in [1.82, 2.24) is 5.43 Å². The van der Waals surface area contributed by atoms with Crippen molar-refractivity contribution in [2.24, 2.45) is 4.99 Å². The summed E-state index contributed by atoms with van der Waals surface area (Å²) in [5.74, 6) is 0.770. The quantitative estimate of drug-likeness (QED) is 0.832. The summed E-state index contributed by atoms with van der Waals surface area (Å²) >= 11 is 1.39. The number of anilines is 1. The third-order valence-corrected chi connectivity index (χ3v) is 4.81. The molecule has 0 aromatic heterocycles. The number of benzene rings is 1. The smallest absolute Gasteiger partial charge is 0.298 e. The van der Waals surface area contributed by atoms with Gasteiger partial charge in [-0.25, -0.2) is 8.42 Å². The molecular weight excluding hydrogens is 315 g/mol. The highest BCUT2D eigenvalue weighted by atomic mass is 32.2. The summed E-state index contributed by atoms with van der Waals surface area (Å²) in [6, 6.07) is 4.80. The van der Waals surface area contributed by atoms with Crippen LogP contribution in [0, 0.1) is 0 Å². The van der Waals surface area contributed by atoms with Gasteiger partial charge in [-0.2, -0.15) is 13.2 Å². The standard InChI is InChI=1S/C10H10F3N3O2S2/c11-10(12,13)20(17,18)8-4-2-1-3-7(8)15-16-9-14-5-6-19-9/h1-4,15H,5-6H2,(H,14,16). The Morgan fingerprint density at radius 1 is 1.20 bits per heavy atom. The molecule has 110 valence electrons. The number of thioether (sulfide) groups is 1. The van der Waals surface area contributed by atoms with Gasteiger partial charge in [0.15, 0.2) is 5.17 Å². The van der Waals surface area contributed by atoms with Crippen molar-refractivity contribution in [3.05, 3.63) is 24.3 Å². The van der Waals surface area contributed by atoms with E-state index in [1.807, 2.05) is 0 Å². The van der Waals surface area contributed by atoms with Crippen molar-refractivity contribution in [3.63, 3.8) is 0 Å². The van der Waals surface area contributed by atoms with Gasteiger partial charge in [-0.1, -0.05) is 23.9 Å². The zero-order valence-corrected chi connectivity index (χ0v) is 11.6. The molecule has 0 aliphatic carbocycles. The summed E-state index contributed by atoms with van der Waals surface area (Å²) in [6.45, 7) is 0.608. The molecule has 0 spiro atoms. The first-order valence-corrected chi connectivity index (χ1v) is 7.89. The Balaban J connectivity index is 2.27. The number of para-hydroxylation sites is 1. The van der Waals surface area contributed by atoms with Gasteiger partial charge in [0.25, 0.3) is 9.84 Å². The Morgan fingerprint density at radius 2 is 1.90 bits per heavy atom. The lowest BCUT2D eigenvalue weighted by atomic mass is 10.3. The van der Waals surface area contributed by atoms with Crippen molar-refractivity contribution >= 4 is 32.5 Å². The van der Waals surface area contributed by atoms with Crippen molar-refractivity contribution in [3.8, 4) is 0 Å². The zero-order valence-electron chi connectivity index (χ0n) is 9.94. The van der Waals surface area contributed by atoms with E-state index in [-0.39, 0.29) is 5.69 Å². The van der Waals surface area contributed by atoms with E-state index in [9.17, 15) is 21.6 Å². The van der Waals surface area contributed by atoms with Gasteiger partial charge in [0.2, 0.25) is 0 Å². The van der Waals surface area contributed by atoms with Gasteiger partial charge in [-0.15, -0.1) is 0 Å². The van der Waals surface area contributed by atoms with Gasteiger partial charge in [-0.05, 0) is 12.1 Å². The minimum absolute atomic E-state index is 0.181. The molecule has 2 rings (SSSR count). The Morgan fingerprint density at radius 3 is 2.50 bits per heavy atom. The maximum atomic E-state index is 12.6. The van der Waals surface area contributed by atoms with Crippen LogP contribution >= 0.6 is 11.8 Å². The molecule has 0 amide bonds. The molecule has 0 atom stereocenters. The van der Waals surface area contributed by atoms with E-state index in [0.29, 0.717) is 11.7 Å². The minimum Gasteiger partial charge on any atom is -0.298 e. The van der Waals surface area contributed by atoms with Crippen LogP contribution in [0.2, 0.25) is 0 Å². The van der Waals surface area contributed by atoms with Gasteiger partial charge in [0, 0.05) is 5.75 Å². The number of rotatable bonds is 3. The first-order chi connectivity index (χ1) is 9.32. The lowest BCUT2D eigenvalue weighted by molar-refractivity contribution is -0.0435. The van der Waals surface area contributed by atoms with Crippen LogP contribution in [-0.2, 0) is 9.84 Å². The summed E-state index contributed by atoms with van der Waals surface area (Å²) in [6.07, 6.45) is 0. The molecular formula is C10H10F3N3O2S2. The highest BCUT2D eigenvalue weighted by molar-refractivity contribution is 8.14. The summed E-state index contributed by atoms with van der Waals surface area (Å²) in [4.78, 5) is 3.20. The normalized spacial score (nSPS) is 15.8. The van der Waals surface area contributed by atoms with Crippen LogP contribution in [0.5, 0.6) is 0 Å². The molecule has 1 aromatic carbocycles. The summed E-state index contributed by atoms with van der Waals surface area (Å²) in [5.41, 5.74) is -0.478. The second kappa shape index (κ2) is 5.52. The second-order valence-corrected chi connectivity index (χ2v) is 6.72. The largest absolute Gasteiger partial charge is 0.501 e. The first-order valence-electron chi connectivity index (χ1n) is 5.42. The number of halogens is 3. The third kappa shape index (κ3) is 3.01. The molecule has 20 heavy (non-hydrogen) atoms. The molecule has 1 aromatic rings. The molecule has 1 heterocycles. The van der Waals surface area contributed by atoms with Gasteiger partial charge in [0.05, 0.1) is 12.2 Å². The highest BCUT2D eigenvalue weighted by Crippen LogP contribution is 2.33. The fourth-order valence-corrected chi connectivity index (χ4v) is 3.06. The number of hydrazine groups is 1. The molecule has 0 bridgehead atoms. The zero-order chi connectivity index (χ0) is 14.8. The van der Waals surface area contributed by atoms with Crippen molar-refractivity contribution in [1.29, 1.82) is 0 Å². The number of alkyl halides is 3. The lowest BCUT2D eigenvalue weighted by Gasteiger charge is -2.14. The second-order valence-electron chi connectivity index (χ2n) is 3.73.